The molecule has 0 aliphatic heterocycles. The Morgan fingerprint density at radius 1 is 0.958 bits per heavy atom. The van der Waals surface area contributed by atoms with E-state index in [4.69, 9.17) is 12.2 Å². The fourth-order valence-corrected chi connectivity index (χ4v) is 2.05. The summed E-state index contributed by atoms with van der Waals surface area (Å²) in [5, 5.41) is 9.66. The lowest BCUT2D eigenvalue weighted by atomic mass is 10.2. The topological polar surface area (TPSA) is 98.8 Å². The number of thiocarbonyl (C=S) groups is 1. The second-order valence-electron chi connectivity index (χ2n) is 4.89. The molecule has 2 rings (SSSR count). The van der Waals surface area contributed by atoms with Crippen LogP contribution in [-0.2, 0) is 0 Å². The summed E-state index contributed by atoms with van der Waals surface area (Å²) in [7, 11) is 0. The Kier molecular flexibility index (Phi) is 6.50. The van der Waals surface area contributed by atoms with Gasteiger partial charge in [0.25, 0.3) is 0 Å². The molecule has 0 saturated carbocycles. The van der Waals surface area contributed by atoms with Gasteiger partial charge in [-0.1, -0.05) is 18.2 Å². The molecule has 0 atom stereocenters. The highest BCUT2D eigenvalue weighted by molar-refractivity contribution is 7.80. The van der Waals surface area contributed by atoms with E-state index in [-0.39, 0.29) is 0 Å². The van der Waals surface area contributed by atoms with E-state index in [1.807, 2.05) is 45.0 Å². The van der Waals surface area contributed by atoms with Crippen LogP contribution in [-0.4, -0.2) is 33.2 Å². The highest BCUT2D eigenvalue weighted by atomic mass is 32.1. The first-order valence-electron chi connectivity index (χ1n) is 7.74. The molecule has 0 bridgehead atoms. The second kappa shape index (κ2) is 8.82. The molecule has 9 heteroatoms. The zero-order valence-electron chi connectivity index (χ0n) is 14.0. The molecule has 0 aliphatic carbocycles. The first-order valence-corrected chi connectivity index (χ1v) is 8.15. The van der Waals surface area contributed by atoms with E-state index in [9.17, 15) is 0 Å². The third-order valence-corrected chi connectivity index (χ3v) is 3.19. The predicted octanol–water partition coefficient (Wildman–Crippen LogP) is 2.36. The summed E-state index contributed by atoms with van der Waals surface area (Å²) in [6.07, 6.45) is 0. The van der Waals surface area contributed by atoms with Gasteiger partial charge in [0.15, 0.2) is 5.11 Å². The summed E-state index contributed by atoms with van der Waals surface area (Å²) in [6.45, 7) is 7.40. The molecule has 24 heavy (non-hydrogen) atoms. The zero-order valence-corrected chi connectivity index (χ0v) is 14.8. The number of hydrogen-bond donors (Lipinski definition) is 5. The van der Waals surface area contributed by atoms with Gasteiger partial charge in [0.2, 0.25) is 17.8 Å². The summed E-state index contributed by atoms with van der Waals surface area (Å²) in [5.74, 6) is 1.35. The van der Waals surface area contributed by atoms with Crippen molar-refractivity contribution in [2.24, 2.45) is 0 Å². The van der Waals surface area contributed by atoms with E-state index in [2.05, 4.69) is 41.8 Å². The maximum atomic E-state index is 5.28. The van der Waals surface area contributed by atoms with Crippen LogP contribution in [0, 0.1) is 6.92 Å². The summed E-state index contributed by atoms with van der Waals surface area (Å²) >= 11 is 5.28. The van der Waals surface area contributed by atoms with Crippen LogP contribution in [0.25, 0.3) is 0 Å². The van der Waals surface area contributed by atoms with Crippen LogP contribution in [0.5, 0.6) is 0 Å². The molecule has 0 amide bonds. The minimum absolute atomic E-state index is 0.367. The molecule has 0 radical (unpaired) electrons. The standard InChI is InChI=1S/C15H22N8S/c1-4-16-12-19-13(17-5-2)21-14(20-12)22-23-15(24)18-11-9-7-6-8-10(11)3/h6-9H,4-5H2,1-3H3,(H2,18,23,24)(H3,16,17,19,20,21,22). The van der Waals surface area contributed by atoms with Gasteiger partial charge in [0, 0.05) is 18.8 Å². The van der Waals surface area contributed by atoms with Crippen molar-refractivity contribution in [2.75, 3.05) is 34.5 Å². The number of hydrazine groups is 1. The molecule has 0 saturated heterocycles. The molecule has 2 aromatic rings. The molecular formula is C15H22N8S. The molecule has 0 aliphatic rings. The highest BCUT2D eigenvalue weighted by Crippen LogP contribution is 2.13. The lowest BCUT2D eigenvalue weighted by Gasteiger charge is -2.14. The van der Waals surface area contributed by atoms with Gasteiger partial charge < -0.3 is 16.0 Å². The van der Waals surface area contributed by atoms with E-state index < -0.39 is 0 Å². The molecule has 128 valence electrons. The number of nitrogens with zero attached hydrogens (tertiary/aromatic N) is 3. The van der Waals surface area contributed by atoms with Gasteiger partial charge in [-0.15, -0.1) is 0 Å². The Hall–Kier alpha value is -2.68. The maximum absolute atomic E-state index is 5.28. The minimum Gasteiger partial charge on any atom is -0.354 e. The molecule has 5 N–H and O–H groups in total. The van der Waals surface area contributed by atoms with E-state index in [1.54, 1.807) is 0 Å². The van der Waals surface area contributed by atoms with Crippen molar-refractivity contribution in [3.8, 4) is 0 Å². The zero-order chi connectivity index (χ0) is 17.4. The maximum Gasteiger partial charge on any atom is 0.248 e. The van der Waals surface area contributed by atoms with Gasteiger partial charge in [-0.2, -0.15) is 15.0 Å². The van der Waals surface area contributed by atoms with Crippen molar-refractivity contribution >= 4 is 40.9 Å². The van der Waals surface area contributed by atoms with Crippen LogP contribution in [0.2, 0.25) is 0 Å². The average molecular weight is 346 g/mol. The van der Waals surface area contributed by atoms with Crippen LogP contribution < -0.4 is 26.8 Å². The minimum atomic E-state index is 0.367. The SMILES string of the molecule is CCNc1nc(NCC)nc(NNC(=S)Nc2ccccc2C)n1. The van der Waals surface area contributed by atoms with Gasteiger partial charge in [-0.25, -0.2) is 0 Å². The lowest BCUT2D eigenvalue weighted by molar-refractivity contribution is 0.968. The number of benzene rings is 1. The summed E-state index contributed by atoms with van der Waals surface area (Å²) < 4.78 is 0. The summed E-state index contributed by atoms with van der Waals surface area (Å²) in [6, 6.07) is 7.89. The number of rotatable bonds is 7. The number of hydrogen-bond acceptors (Lipinski definition) is 7. The third kappa shape index (κ3) is 5.20. The van der Waals surface area contributed by atoms with Crippen LogP contribution in [0.3, 0.4) is 0 Å². The van der Waals surface area contributed by atoms with Gasteiger partial charge in [0.05, 0.1) is 0 Å². The first-order chi connectivity index (χ1) is 11.6. The predicted molar refractivity (Wildman–Crippen MR) is 102 cm³/mol. The van der Waals surface area contributed by atoms with Gasteiger partial charge in [-0.05, 0) is 44.6 Å². The monoisotopic (exact) mass is 346 g/mol. The molecular weight excluding hydrogens is 324 g/mol. The molecule has 1 aromatic carbocycles. The van der Waals surface area contributed by atoms with E-state index in [1.165, 1.54) is 0 Å². The fourth-order valence-electron chi connectivity index (χ4n) is 1.89. The number of nitrogens with one attached hydrogen (secondary N) is 5. The molecule has 1 aromatic heterocycles. The van der Waals surface area contributed by atoms with Crippen molar-refractivity contribution in [3.05, 3.63) is 29.8 Å². The van der Waals surface area contributed by atoms with Crippen molar-refractivity contribution < 1.29 is 0 Å². The first kappa shape index (κ1) is 17.7. The average Bonchev–Trinajstić information content (AvgIpc) is 2.56. The quantitative estimate of drug-likeness (QED) is 0.382. The Bertz CT molecular complexity index is 667. The normalized spacial score (nSPS) is 9.96. The largest absolute Gasteiger partial charge is 0.354 e. The Balaban J connectivity index is 1.99. The van der Waals surface area contributed by atoms with Crippen molar-refractivity contribution in [3.63, 3.8) is 0 Å². The van der Waals surface area contributed by atoms with Crippen molar-refractivity contribution in [2.45, 2.75) is 20.8 Å². The second-order valence-corrected chi connectivity index (χ2v) is 5.29. The highest BCUT2D eigenvalue weighted by Gasteiger charge is 2.06. The summed E-state index contributed by atoms with van der Waals surface area (Å²) in [4.78, 5) is 12.8. The van der Waals surface area contributed by atoms with Crippen molar-refractivity contribution in [1.82, 2.24) is 20.4 Å². The molecule has 8 nitrogen and oxygen atoms in total. The Morgan fingerprint density at radius 2 is 1.54 bits per heavy atom. The van der Waals surface area contributed by atoms with Gasteiger partial charge >= 0.3 is 0 Å². The number of anilines is 4. The Morgan fingerprint density at radius 3 is 2.12 bits per heavy atom. The number of para-hydroxylation sites is 1. The molecule has 1 heterocycles. The van der Waals surface area contributed by atoms with Crippen LogP contribution >= 0.6 is 12.2 Å². The van der Waals surface area contributed by atoms with E-state index >= 15 is 0 Å². The van der Waals surface area contributed by atoms with Crippen LogP contribution in [0.1, 0.15) is 19.4 Å². The Labute approximate surface area is 146 Å². The molecule has 0 fully saturated rings. The fraction of sp³-hybridized carbons (Fsp3) is 0.333. The number of aromatic nitrogens is 3. The smallest absolute Gasteiger partial charge is 0.248 e. The van der Waals surface area contributed by atoms with E-state index in [0.29, 0.717) is 23.0 Å². The molecule has 0 spiro atoms. The van der Waals surface area contributed by atoms with Crippen LogP contribution in [0.15, 0.2) is 24.3 Å². The lowest BCUT2D eigenvalue weighted by Crippen LogP contribution is -2.34. The molecule has 0 unspecified atom stereocenters. The summed E-state index contributed by atoms with van der Waals surface area (Å²) in [5.41, 5.74) is 7.80. The van der Waals surface area contributed by atoms with Crippen molar-refractivity contribution in [1.29, 1.82) is 0 Å². The van der Waals surface area contributed by atoms with Crippen LogP contribution in [0.4, 0.5) is 23.5 Å². The van der Waals surface area contributed by atoms with Gasteiger partial charge in [-0.3, -0.25) is 10.9 Å². The van der Waals surface area contributed by atoms with E-state index in [0.717, 1.165) is 24.3 Å². The number of aryl methyl sites for hydroxylation is 1. The van der Waals surface area contributed by atoms with Gasteiger partial charge in [0.1, 0.15) is 0 Å². The third-order valence-electron chi connectivity index (χ3n) is 2.99.